The fourth-order valence-corrected chi connectivity index (χ4v) is 6.07. The number of carbonyl (C=O) groups excluding carboxylic acids is 1. The monoisotopic (exact) mass is 493 g/mol. The molecular formula is C25H20FN3O3S2. The van der Waals surface area contributed by atoms with E-state index < -0.39 is 32.9 Å². The number of carbonyl (C=O) groups is 1. The highest BCUT2D eigenvalue weighted by molar-refractivity contribution is 7.91. The van der Waals surface area contributed by atoms with E-state index >= 15 is 0 Å². The Hall–Kier alpha value is -3.61. The Morgan fingerprint density at radius 3 is 2.38 bits per heavy atom. The molecule has 1 N–H and O–H groups in total. The number of benzene rings is 3. The Morgan fingerprint density at radius 2 is 1.76 bits per heavy atom. The van der Waals surface area contributed by atoms with Gasteiger partial charge in [0.05, 0.1) is 17.2 Å². The van der Waals surface area contributed by atoms with E-state index in [1.165, 1.54) is 17.0 Å². The van der Waals surface area contributed by atoms with E-state index in [9.17, 15) is 17.6 Å². The minimum absolute atomic E-state index is 0.0723. The van der Waals surface area contributed by atoms with Crippen molar-refractivity contribution < 1.29 is 17.6 Å². The molecule has 9 heteroatoms. The lowest BCUT2D eigenvalue weighted by Crippen LogP contribution is -2.54. The molecule has 0 aromatic heterocycles. The number of nitrogens with zero attached hydrogens (tertiary/aromatic N) is 2. The van der Waals surface area contributed by atoms with Gasteiger partial charge in [-0.2, -0.15) is 0 Å². The predicted molar refractivity (Wildman–Crippen MR) is 132 cm³/mol. The van der Waals surface area contributed by atoms with Gasteiger partial charge in [0.15, 0.2) is 20.6 Å². The first-order chi connectivity index (χ1) is 16.1. The Morgan fingerprint density at radius 1 is 1.09 bits per heavy atom. The third-order valence-electron chi connectivity index (χ3n) is 5.68. The summed E-state index contributed by atoms with van der Waals surface area (Å²) < 4.78 is 40.0. The van der Waals surface area contributed by atoms with Crippen LogP contribution in [-0.4, -0.2) is 30.7 Å². The van der Waals surface area contributed by atoms with Crippen molar-refractivity contribution in [1.82, 2.24) is 5.32 Å². The molecule has 1 amide bonds. The fourth-order valence-electron chi connectivity index (χ4n) is 4.02. The first-order valence-corrected chi connectivity index (χ1v) is 12.4. The molecule has 1 aliphatic heterocycles. The highest BCUT2D eigenvalue weighted by atomic mass is 32.2. The molecule has 0 aliphatic carbocycles. The lowest BCUT2D eigenvalue weighted by molar-refractivity contribution is -0.121. The molecule has 3 aromatic rings. The van der Waals surface area contributed by atoms with Crippen LogP contribution in [0.5, 0.6) is 0 Å². The molecule has 4 rings (SSSR count). The molecule has 1 heterocycles. The standard InChI is InChI=1S/C25H20FN3O3S2/c1-17-14-20(10-13-22(17)27-2)29-23(30)25(28-24(29)33,15-18-6-4-3-5-7-18)16-34(31,32)21-11-8-19(26)9-12-21/h3-14H,15-16H2,1H3,(H,28,33). The van der Waals surface area contributed by atoms with Crippen LogP contribution in [0.25, 0.3) is 4.85 Å². The van der Waals surface area contributed by atoms with E-state index in [1.54, 1.807) is 37.3 Å². The van der Waals surface area contributed by atoms with Gasteiger partial charge in [0.2, 0.25) is 0 Å². The molecule has 6 nitrogen and oxygen atoms in total. The zero-order valence-electron chi connectivity index (χ0n) is 18.2. The van der Waals surface area contributed by atoms with Crippen LogP contribution in [0.1, 0.15) is 11.1 Å². The molecule has 3 aromatic carbocycles. The van der Waals surface area contributed by atoms with Gasteiger partial charge in [-0.25, -0.2) is 17.7 Å². The van der Waals surface area contributed by atoms with Gasteiger partial charge < -0.3 is 5.32 Å². The Bertz CT molecular complexity index is 1420. The van der Waals surface area contributed by atoms with Gasteiger partial charge in [-0.3, -0.25) is 9.69 Å². The smallest absolute Gasteiger partial charge is 0.260 e. The van der Waals surface area contributed by atoms with E-state index in [-0.39, 0.29) is 16.4 Å². The van der Waals surface area contributed by atoms with Crippen LogP contribution in [0.2, 0.25) is 0 Å². The quantitative estimate of drug-likeness (QED) is 0.314. The molecule has 1 saturated heterocycles. The second kappa shape index (κ2) is 8.97. The fraction of sp³-hybridized carbons (Fsp3) is 0.160. The average Bonchev–Trinajstić information content (AvgIpc) is 3.03. The third-order valence-corrected chi connectivity index (χ3v) is 7.83. The van der Waals surface area contributed by atoms with Gasteiger partial charge in [-0.05, 0) is 66.7 Å². The number of hydrogen-bond acceptors (Lipinski definition) is 4. The van der Waals surface area contributed by atoms with Crippen LogP contribution in [0.4, 0.5) is 15.8 Å². The van der Waals surface area contributed by atoms with Crippen molar-refractivity contribution in [2.45, 2.75) is 23.8 Å². The second-order valence-electron chi connectivity index (χ2n) is 8.11. The van der Waals surface area contributed by atoms with Crippen LogP contribution in [0.15, 0.2) is 77.7 Å². The number of aryl methyl sites for hydroxylation is 1. The van der Waals surface area contributed by atoms with Crippen LogP contribution < -0.4 is 10.2 Å². The van der Waals surface area contributed by atoms with Crippen molar-refractivity contribution in [2.75, 3.05) is 10.7 Å². The summed E-state index contributed by atoms with van der Waals surface area (Å²) in [5.41, 5.74) is 0.743. The van der Waals surface area contributed by atoms with E-state index in [0.29, 0.717) is 16.9 Å². The van der Waals surface area contributed by atoms with Gasteiger partial charge in [-0.15, -0.1) is 0 Å². The van der Waals surface area contributed by atoms with Crippen molar-refractivity contribution >= 4 is 44.4 Å². The summed E-state index contributed by atoms with van der Waals surface area (Å²) >= 11 is 5.48. The summed E-state index contributed by atoms with van der Waals surface area (Å²) in [6, 6.07) is 18.4. The lowest BCUT2D eigenvalue weighted by atomic mass is 9.92. The maximum absolute atomic E-state index is 13.9. The zero-order valence-corrected chi connectivity index (χ0v) is 19.8. The van der Waals surface area contributed by atoms with E-state index in [4.69, 9.17) is 18.8 Å². The maximum Gasteiger partial charge on any atom is 0.260 e. The van der Waals surface area contributed by atoms with Gasteiger partial charge in [-0.1, -0.05) is 36.4 Å². The average molecular weight is 494 g/mol. The molecule has 0 bridgehead atoms. The molecule has 34 heavy (non-hydrogen) atoms. The van der Waals surface area contributed by atoms with E-state index in [0.717, 1.165) is 17.7 Å². The molecular weight excluding hydrogens is 473 g/mol. The van der Waals surface area contributed by atoms with E-state index in [2.05, 4.69) is 10.2 Å². The number of nitrogens with one attached hydrogen (secondary N) is 1. The number of rotatable bonds is 6. The lowest BCUT2D eigenvalue weighted by Gasteiger charge is -2.27. The highest BCUT2D eigenvalue weighted by Crippen LogP contribution is 2.33. The van der Waals surface area contributed by atoms with Gasteiger partial charge in [0.25, 0.3) is 5.91 Å². The molecule has 1 fully saturated rings. The Kier molecular flexibility index (Phi) is 6.21. The third kappa shape index (κ3) is 4.42. The molecule has 0 spiro atoms. The van der Waals surface area contributed by atoms with Crippen molar-refractivity contribution in [3.05, 3.63) is 101 Å². The normalized spacial score (nSPS) is 18.0. The summed E-state index contributed by atoms with van der Waals surface area (Å²) in [4.78, 5) is 18.5. The number of thiocarbonyl (C=S) groups is 1. The SMILES string of the molecule is [C-]#[N+]c1ccc(N2C(=O)C(Cc3ccccc3)(CS(=O)(=O)c3ccc(F)cc3)NC2=S)cc1C. The molecule has 1 atom stereocenters. The summed E-state index contributed by atoms with van der Waals surface area (Å²) in [5.74, 6) is -1.64. The Labute approximate surface area is 202 Å². The summed E-state index contributed by atoms with van der Waals surface area (Å²) in [6.07, 6.45) is 0.0723. The maximum atomic E-state index is 13.9. The van der Waals surface area contributed by atoms with Gasteiger partial charge in [0, 0.05) is 12.1 Å². The van der Waals surface area contributed by atoms with Crippen molar-refractivity contribution in [2.24, 2.45) is 0 Å². The first-order valence-electron chi connectivity index (χ1n) is 10.3. The summed E-state index contributed by atoms with van der Waals surface area (Å²) in [6.45, 7) is 9.00. The highest BCUT2D eigenvalue weighted by Gasteiger charge is 2.52. The topological polar surface area (TPSA) is 70.8 Å². The molecule has 172 valence electrons. The predicted octanol–water partition coefficient (Wildman–Crippen LogP) is 4.36. The molecule has 1 aliphatic rings. The zero-order chi connectivity index (χ0) is 24.5. The number of amides is 1. The van der Waals surface area contributed by atoms with Crippen LogP contribution in [-0.2, 0) is 21.1 Å². The number of halogens is 1. The number of hydrogen-bond donors (Lipinski definition) is 1. The second-order valence-corrected chi connectivity index (χ2v) is 10.5. The Balaban J connectivity index is 1.78. The molecule has 0 saturated carbocycles. The largest absolute Gasteiger partial charge is 0.346 e. The van der Waals surface area contributed by atoms with E-state index in [1.807, 2.05) is 18.2 Å². The van der Waals surface area contributed by atoms with Crippen LogP contribution >= 0.6 is 12.2 Å². The minimum Gasteiger partial charge on any atom is -0.346 e. The van der Waals surface area contributed by atoms with Gasteiger partial charge in [0.1, 0.15) is 11.4 Å². The number of sulfone groups is 1. The number of anilines is 1. The van der Waals surface area contributed by atoms with Gasteiger partial charge >= 0.3 is 0 Å². The summed E-state index contributed by atoms with van der Waals surface area (Å²) in [7, 11) is -4.00. The van der Waals surface area contributed by atoms with Crippen molar-refractivity contribution in [3.8, 4) is 0 Å². The van der Waals surface area contributed by atoms with Crippen molar-refractivity contribution in [1.29, 1.82) is 0 Å². The van der Waals surface area contributed by atoms with Crippen LogP contribution in [0.3, 0.4) is 0 Å². The first kappa shape index (κ1) is 23.5. The molecule has 0 radical (unpaired) electrons. The van der Waals surface area contributed by atoms with Crippen molar-refractivity contribution in [3.63, 3.8) is 0 Å². The van der Waals surface area contributed by atoms with Crippen LogP contribution in [0, 0.1) is 19.3 Å². The molecule has 1 unspecified atom stereocenters. The minimum atomic E-state index is -4.00. The summed E-state index contributed by atoms with van der Waals surface area (Å²) in [5, 5.41) is 3.07.